The van der Waals surface area contributed by atoms with Crippen LogP contribution in [0.15, 0.2) is 54.1 Å². The van der Waals surface area contributed by atoms with Crippen LogP contribution in [0.3, 0.4) is 0 Å². The van der Waals surface area contributed by atoms with Gasteiger partial charge in [-0.2, -0.15) is 8.78 Å². The number of aliphatic hydroxyl groups is 1. The second-order valence-corrected chi connectivity index (χ2v) is 10.7. The van der Waals surface area contributed by atoms with Gasteiger partial charge in [0.25, 0.3) is 5.91 Å². The van der Waals surface area contributed by atoms with E-state index in [9.17, 15) is 23.5 Å². The molecule has 0 saturated carbocycles. The maximum atomic E-state index is 14.4. The number of esters is 1. The van der Waals surface area contributed by atoms with E-state index >= 15 is 0 Å². The Morgan fingerprint density at radius 1 is 1.22 bits per heavy atom. The molecule has 2 aromatic rings. The Morgan fingerprint density at radius 2 is 1.94 bits per heavy atom. The summed E-state index contributed by atoms with van der Waals surface area (Å²) in [5.41, 5.74) is 1.84. The molecule has 5 nitrogen and oxygen atoms in total. The summed E-state index contributed by atoms with van der Waals surface area (Å²) in [6.45, 7) is 3.85. The number of hydrogen-bond donors (Lipinski definition) is 1. The molecule has 1 aliphatic rings. The number of alkyl halides is 2. The summed E-state index contributed by atoms with van der Waals surface area (Å²) < 4.78 is 33.5. The van der Waals surface area contributed by atoms with Crippen molar-refractivity contribution in [3.8, 4) is 0 Å². The summed E-state index contributed by atoms with van der Waals surface area (Å²) in [6, 6.07) is 12.9. The first kappa shape index (κ1) is 28.0. The summed E-state index contributed by atoms with van der Waals surface area (Å²) in [6.07, 6.45) is 3.99. The van der Waals surface area contributed by atoms with Crippen molar-refractivity contribution in [2.24, 2.45) is 5.92 Å². The first-order valence-corrected chi connectivity index (χ1v) is 13.2. The van der Waals surface area contributed by atoms with Crippen molar-refractivity contribution in [3.63, 3.8) is 0 Å². The topological polar surface area (TPSA) is 66.8 Å². The van der Waals surface area contributed by atoms with Gasteiger partial charge < -0.3 is 14.7 Å². The molecule has 3 rings (SSSR count). The normalized spacial score (nSPS) is 19.4. The van der Waals surface area contributed by atoms with Gasteiger partial charge in [-0.1, -0.05) is 48.9 Å². The van der Waals surface area contributed by atoms with Crippen LogP contribution in [0.2, 0.25) is 0 Å². The van der Waals surface area contributed by atoms with Crippen LogP contribution in [0.4, 0.5) is 8.78 Å². The van der Waals surface area contributed by atoms with Crippen molar-refractivity contribution in [1.82, 2.24) is 4.90 Å². The van der Waals surface area contributed by atoms with Crippen LogP contribution in [0, 0.1) is 5.92 Å². The van der Waals surface area contributed by atoms with Crippen LogP contribution < -0.4 is 0 Å². The second kappa shape index (κ2) is 12.6. The fraction of sp³-hybridized carbons (Fsp3) is 0.500. The highest BCUT2D eigenvalue weighted by atomic mass is 32.1. The van der Waals surface area contributed by atoms with Gasteiger partial charge in [0.05, 0.1) is 19.3 Å². The van der Waals surface area contributed by atoms with Crippen molar-refractivity contribution < 1.29 is 28.2 Å². The average molecular weight is 520 g/mol. The van der Waals surface area contributed by atoms with Crippen LogP contribution in [-0.2, 0) is 22.4 Å². The van der Waals surface area contributed by atoms with Crippen LogP contribution >= 0.6 is 11.3 Å². The number of amides is 1. The molecule has 2 heterocycles. The Balaban J connectivity index is 1.57. The van der Waals surface area contributed by atoms with Crippen molar-refractivity contribution >= 4 is 23.2 Å². The average Bonchev–Trinajstić information content (AvgIpc) is 3.42. The van der Waals surface area contributed by atoms with E-state index < -0.39 is 36.4 Å². The Morgan fingerprint density at radius 3 is 2.64 bits per heavy atom. The predicted molar refractivity (Wildman–Crippen MR) is 137 cm³/mol. The first-order chi connectivity index (χ1) is 17.1. The van der Waals surface area contributed by atoms with Crippen molar-refractivity contribution in [2.75, 3.05) is 13.7 Å². The quantitative estimate of drug-likeness (QED) is 0.290. The van der Waals surface area contributed by atoms with Crippen molar-refractivity contribution in [1.29, 1.82) is 0 Å². The lowest BCUT2D eigenvalue weighted by Crippen LogP contribution is -2.38. The molecule has 1 aliphatic heterocycles. The molecule has 0 spiro atoms. The van der Waals surface area contributed by atoms with Crippen LogP contribution in [0.25, 0.3) is 0 Å². The fourth-order valence-electron chi connectivity index (χ4n) is 4.59. The first-order valence-electron chi connectivity index (χ1n) is 12.4. The zero-order valence-corrected chi connectivity index (χ0v) is 21.9. The number of benzene rings is 1. The molecule has 1 aromatic carbocycles. The minimum Gasteiger partial charge on any atom is -0.465 e. The largest absolute Gasteiger partial charge is 0.465 e. The SMILES string of the molecule is COC(=O)c1ccc(CCCN2C(=O)C(F)(F)CC2/C(C)=C\[C@@H](O)C(C)CCCc2ccccc2)s1. The van der Waals surface area contributed by atoms with E-state index in [1.54, 1.807) is 19.1 Å². The number of likely N-dealkylation sites (tertiary alicyclic amines) is 1. The lowest BCUT2D eigenvalue weighted by molar-refractivity contribution is -0.148. The van der Waals surface area contributed by atoms with Crippen molar-refractivity contribution in [3.05, 3.63) is 69.4 Å². The van der Waals surface area contributed by atoms with Gasteiger partial charge in [-0.15, -0.1) is 11.3 Å². The Hall–Kier alpha value is -2.58. The van der Waals surface area contributed by atoms with Gasteiger partial charge in [-0.3, -0.25) is 4.79 Å². The molecule has 196 valence electrons. The third-order valence-electron chi connectivity index (χ3n) is 6.78. The maximum Gasteiger partial charge on any atom is 0.348 e. The highest BCUT2D eigenvalue weighted by Gasteiger charge is 2.53. The van der Waals surface area contributed by atoms with E-state index in [4.69, 9.17) is 4.74 Å². The molecule has 0 radical (unpaired) electrons. The van der Waals surface area contributed by atoms with Gasteiger partial charge in [0.2, 0.25) is 0 Å². The Bertz CT molecular complexity index is 1050. The molecule has 8 heteroatoms. The van der Waals surface area contributed by atoms with E-state index in [0.29, 0.717) is 23.3 Å². The molecule has 1 saturated heterocycles. The van der Waals surface area contributed by atoms with E-state index in [1.165, 1.54) is 28.9 Å². The van der Waals surface area contributed by atoms with E-state index in [-0.39, 0.29) is 12.5 Å². The number of hydrogen-bond acceptors (Lipinski definition) is 5. The summed E-state index contributed by atoms with van der Waals surface area (Å²) in [4.78, 5) is 26.7. The third kappa shape index (κ3) is 7.23. The van der Waals surface area contributed by atoms with Gasteiger partial charge in [0, 0.05) is 17.8 Å². The molecular formula is C28H35F2NO4S. The maximum absolute atomic E-state index is 14.4. The van der Waals surface area contributed by atoms with Gasteiger partial charge in [-0.25, -0.2) is 4.79 Å². The molecule has 1 N–H and O–H groups in total. The third-order valence-corrected chi connectivity index (χ3v) is 7.91. The number of halogens is 2. The number of ether oxygens (including phenoxy) is 1. The molecule has 1 aromatic heterocycles. The molecule has 1 fully saturated rings. The van der Waals surface area contributed by atoms with Gasteiger partial charge in [-0.05, 0) is 62.6 Å². The summed E-state index contributed by atoms with van der Waals surface area (Å²) >= 11 is 1.30. The molecule has 3 atom stereocenters. The molecule has 36 heavy (non-hydrogen) atoms. The fourth-order valence-corrected chi connectivity index (χ4v) is 5.56. The standard InChI is InChI=1S/C28H35F2NO4S/c1-19(9-7-12-21-10-5-4-6-11-21)24(32)17-20(2)23-18-28(29,30)27(34)31(23)16-8-13-22-14-15-25(36-22)26(33)35-3/h4-6,10-11,14-15,17,19,23-24,32H,7-9,12-13,16,18H2,1-3H3/b20-17-/t19?,23?,24-/m1/s1. The Kier molecular flexibility index (Phi) is 9.79. The summed E-state index contributed by atoms with van der Waals surface area (Å²) in [5.74, 6) is -5.01. The minimum atomic E-state index is -3.41. The number of thiophene rings is 1. The summed E-state index contributed by atoms with van der Waals surface area (Å²) in [7, 11) is 1.32. The molecule has 2 unspecified atom stereocenters. The zero-order valence-electron chi connectivity index (χ0n) is 21.1. The zero-order chi connectivity index (χ0) is 26.3. The minimum absolute atomic E-state index is 0.0300. The van der Waals surface area contributed by atoms with Crippen LogP contribution in [0.1, 0.15) is 59.6 Å². The molecule has 1 amide bonds. The second-order valence-electron chi connectivity index (χ2n) is 9.54. The number of aryl methyl sites for hydroxylation is 2. The lowest BCUT2D eigenvalue weighted by Gasteiger charge is -2.26. The monoisotopic (exact) mass is 519 g/mol. The number of rotatable bonds is 12. The number of carbonyl (C=O) groups is 2. The number of nitrogens with zero attached hydrogens (tertiary/aromatic N) is 1. The van der Waals surface area contributed by atoms with Crippen molar-refractivity contribution in [2.45, 2.75) is 70.4 Å². The van der Waals surface area contributed by atoms with Gasteiger partial charge in [0.15, 0.2) is 0 Å². The number of carbonyl (C=O) groups excluding carboxylic acids is 2. The van der Waals surface area contributed by atoms with Crippen LogP contribution in [0.5, 0.6) is 0 Å². The highest BCUT2D eigenvalue weighted by molar-refractivity contribution is 7.13. The highest BCUT2D eigenvalue weighted by Crippen LogP contribution is 2.37. The number of methoxy groups -OCH3 is 1. The van der Waals surface area contributed by atoms with Gasteiger partial charge in [0.1, 0.15) is 4.88 Å². The summed E-state index contributed by atoms with van der Waals surface area (Å²) in [5, 5.41) is 10.7. The van der Waals surface area contributed by atoms with E-state index in [2.05, 4.69) is 12.1 Å². The lowest BCUT2D eigenvalue weighted by atomic mass is 9.93. The molecule has 0 aliphatic carbocycles. The smallest absolute Gasteiger partial charge is 0.348 e. The number of aliphatic hydroxyl groups excluding tert-OH is 1. The van der Waals surface area contributed by atoms with Gasteiger partial charge >= 0.3 is 11.9 Å². The van der Waals surface area contributed by atoms with E-state index in [1.807, 2.05) is 31.2 Å². The predicted octanol–water partition coefficient (Wildman–Crippen LogP) is 5.67. The molecular weight excluding hydrogens is 484 g/mol. The van der Waals surface area contributed by atoms with E-state index in [0.717, 1.165) is 24.1 Å². The Labute approximate surface area is 215 Å². The molecule has 0 bridgehead atoms. The van der Waals surface area contributed by atoms with Crippen LogP contribution in [-0.4, -0.2) is 53.6 Å².